The Bertz CT molecular complexity index is 2710. The minimum Gasteiger partial charge on any atom is -0.310 e. The largest absolute Gasteiger partial charge is 0.310 e. The predicted molar refractivity (Wildman–Crippen MR) is 253 cm³/mol. The van der Waals surface area contributed by atoms with Crippen LogP contribution in [0.3, 0.4) is 0 Å². The Morgan fingerprint density at radius 3 is 1.41 bits per heavy atom. The molecule has 0 saturated heterocycles. The van der Waals surface area contributed by atoms with Crippen molar-refractivity contribution in [3.63, 3.8) is 0 Å². The van der Waals surface area contributed by atoms with Crippen LogP contribution in [0, 0.1) is 0 Å². The predicted octanol–water partition coefficient (Wildman–Crippen LogP) is 16.2. The third-order valence-electron chi connectivity index (χ3n) is 11.9. The molecule has 0 bridgehead atoms. The number of hydrogen-bond acceptors (Lipinski definition) is 1. The van der Waals surface area contributed by atoms with E-state index in [1.165, 1.54) is 72.3 Å². The number of rotatable bonds is 8. The maximum absolute atomic E-state index is 2.37. The van der Waals surface area contributed by atoms with Gasteiger partial charge in [0.05, 0.1) is 0 Å². The van der Waals surface area contributed by atoms with Crippen molar-refractivity contribution in [2.75, 3.05) is 4.90 Å². The summed E-state index contributed by atoms with van der Waals surface area (Å²) >= 11 is 0. The van der Waals surface area contributed by atoms with Crippen LogP contribution in [0.1, 0.15) is 37.5 Å². The molecule has 0 heterocycles. The number of anilines is 3. The van der Waals surface area contributed by atoms with E-state index >= 15 is 0 Å². The van der Waals surface area contributed by atoms with E-state index in [2.05, 4.69) is 256 Å². The summed E-state index contributed by atoms with van der Waals surface area (Å²) in [6, 6.07) is 74.5. The molecule has 0 fully saturated rings. The Balaban J connectivity index is 1.12. The molecule has 1 heteroatoms. The Kier molecular flexibility index (Phi) is 10.3. The van der Waals surface area contributed by atoms with E-state index in [4.69, 9.17) is 0 Å². The van der Waals surface area contributed by atoms with E-state index in [9.17, 15) is 0 Å². The van der Waals surface area contributed by atoms with Gasteiger partial charge in [-0.25, -0.2) is 0 Å². The first-order valence-electron chi connectivity index (χ1n) is 20.5. The molecule has 0 aliphatic heterocycles. The highest BCUT2D eigenvalue weighted by Crippen LogP contribution is 2.42. The summed E-state index contributed by atoms with van der Waals surface area (Å²) < 4.78 is 0. The third kappa shape index (κ3) is 7.76. The zero-order valence-electron chi connectivity index (χ0n) is 33.9. The van der Waals surface area contributed by atoms with Gasteiger partial charge in [-0.1, -0.05) is 214 Å². The lowest BCUT2D eigenvalue weighted by Gasteiger charge is -2.28. The van der Waals surface area contributed by atoms with Crippen molar-refractivity contribution >= 4 is 28.7 Å². The van der Waals surface area contributed by atoms with E-state index in [1.54, 1.807) is 0 Å². The fourth-order valence-electron chi connectivity index (χ4n) is 8.26. The lowest BCUT2D eigenvalue weighted by Crippen LogP contribution is -2.20. The maximum atomic E-state index is 2.37. The van der Waals surface area contributed by atoms with Gasteiger partial charge in [0, 0.05) is 22.5 Å². The molecular weight excluding hydrogens is 711 g/mol. The summed E-state index contributed by atoms with van der Waals surface area (Å²) in [4.78, 5) is 2.37. The zero-order chi connectivity index (χ0) is 40.2. The Labute approximate surface area is 349 Å². The summed E-state index contributed by atoms with van der Waals surface area (Å²) in [5, 5.41) is 0. The molecule has 9 rings (SSSR count). The molecule has 0 saturated carbocycles. The van der Waals surface area contributed by atoms with Crippen molar-refractivity contribution in [2.24, 2.45) is 0 Å². The molecular formula is C58H47N. The van der Waals surface area contributed by atoms with Gasteiger partial charge in [0.15, 0.2) is 0 Å². The second-order valence-corrected chi connectivity index (χ2v) is 15.9. The lowest BCUT2D eigenvalue weighted by molar-refractivity contribution is 0.623. The van der Waals surface area contributed by atoms with Gasteiger partial charge in [0.2, 0.25) is 0 Å². The van der Waals surface area contributed by atoms with Crippen molar-refractivity contribution < 1.29 is 0 Å². The topological polar surface area (TPSA) is 3.24 Å². The van der Waals surface area contributed by atoms with E-state index in [1.807, 2.05) is 0 Å². The van der Waals surface area contributed by atoms with Crippen LogP contribution in [0.15, 0.2) is 230 Å². The average Bonchev–Trinajstić information content (AvgIpc) is 3.34. The van der Waals surface area contributed by atoms with Crippen molar-refractivity contribution in [1.29, 1.82) is 0 Å². The minimum atomic E-state index is -0.0988. The molecule has 8 aromatic carbocycles. The second-order valence-electron chi connectivity index (χ2n) is 15.9. The van der Waals surface area contributed by atoms with Crippen molar-refractivity contribution in [3.05, 3.63) is 247 Å². The fraction of sp³-hybridized carbons (Fsp3) is 0.0690. The van der Waals surface area contributed by atoms with E-state index in [0.29, 0.717) is 0 Å². The van der Waals surface area contributed by atoms with Crippen LogP contribution < -0.4 is 4.90 Å². The van der Waals surface area contributed by atoms with Gasteiger partial charge in [0.25, 0.3) is 0 Å². The molecule has 0 unspecified atom stereocenters. The van der Waals surface area contributed by atoms with E-state index in [0.717, 1.165) is 17.1 Å². The highest BCUT2D eigenvalue weighted by atomic mass is 15.1. The summed E-state index contributed by atoms with van der Waals surface area (Å²) in [7, 11) is 0. The van der Waals surface area contributed by atoms with Gasteiger partial charge in [-0.2, -0.15) is 0 Å². The quantitative estimate of drug-likeness (QED) is 0.149. The van der Waals surface area contributed by atoms with Gasteiger partial charge in [0.1, 0.15) is 0 Å². The van der Waals surface area contributed by atoms with E-state index in [-0.39, 0.29) is 5.41 Å². The smallest absolute Gasteiger partial charge is 0.0468 e. The van der Waals surface area contributed by atoms with Crippen LogP contribution in [-0.4, -0.2) is 0 Å². The van der Waals surface area contributed by atoms with Crippen LogP contribution in [0.2, 0.25) is 0 Å². The molecule has 0 atom stereocenters. The monoisotopic (exact) mass is 757 g/mol. The molecule has 284 valence electrons. The first-order chi connectivity index (χ1) is 28.9. The number of benzene rings is 8. The van der Waals surface area contributed by atoms with Crippen molar-refractivity contribution in [1.82, 2.24) is 0 Å². The number of hydrogen-bond donors (Lipinski definition) is 0. The second kappa shape index (κ2) is 16.3. The van der Waals surface area contributed by atoms with Gasteiger partial charge in [-0.05, 0) is 110 Å². The molecule has 0 aromatic heterocycles. The minimum absolute atomic E-state index is 0.0988. The highest BCUT2D eigenvalue weighted by Gasteiger charge is 2.25. The van der Waals surface area contributed by atoms with Crippen LogP contribution >= 0.6 is 0 Å². The average molecular weight is 758 g/mol. The number of allylic oxidation sites excluding steroid dienone is 5. The van der Waals surface area contributed by atoms with Gasteiger partial charge < -0.3 is 4.90 Å². The highest BCUT2D eigenvalue weighted by molar-refractivity contribution is 5.90. The molecule has 1 aliphatic rings. The Morgan fingerprint density at radius 1 is 0.390 bits per heavy atom. The standard InChI is InChI=1S/C58H47N/c1-42-40-51(24-15-23-50-22-13-14-25-57(50)58(42,2)3)47-26-28-49(29-27-47)55-39-38-54(41-56(55)48-20-11-6-12-21-48)59(52-34-30-45(31-35-52)43-16-7-4-8-17-43)53-36-32-46(33-37-53)44-18-9-5-10-19-44/h4-41H,1-3H3/b23-15+,42-40+,51-24+. The molecule has 8 aromatic rings. The first-order valence-corrected chi connectivity index (χ1v) is 20.5. The summed E-state index contributed by atoms with van der Waals surface area (Å²) in [5.41, 5.74) is 19.1. The molecule has 59 heavy (non-hydrogen) atoms. The van der Waals surface area contributed by atoms with E-state index < -0.39 is 0 Å². The van der Waals surface area contributed by atoms with Gasteiger partial charge >= 0.3 is 0 Å². The molecule has 0 spiro atoms. The van der Waals surface area contributed by atoms with Crippen LogP contribution in [0.25, 0.3) is 56.2 Å². The van der Waals surface area contributed by atoms with Gasteiger partial charge in [-0.3, -0.25) is 0 Å². The molecule has 0 amide bonds. The lowest BCUT2D eigenvalue weighted by atomic mass is 9.75. The van der Waals surface area contributed by atoms with Crippen molar-refractivity contribution in [3.8, 4) is 44.5 Å². The summed E-state index contributed by atoms with van der Waals surface area (Å²) in [5.74, 6) is 0. The normalized spacial score (nSPS) is 15.6. The molecule has 0 N–H and O–H groups in total. The number of fused-ring (bicyclic) bond motifs is 1. The molecule has 0 radical (unpaired) electrons. The zero-order valence-corrected chi connectivity index (χ0v) is 33.9. The fourth-order valence-corrected chi connectivity index (χ4v) is 8.26. The van der Waals surface area contributed by atoms with Crippen LogP contribution in [-0.2, 0) is 5.41 Å². The number of nitrogens with zero attached hydrogens (tertiary/aromatic N) is 1. The van der Waals surface area contributed by atoms with Crippen LogP contribution in [0.4, 0.5) is 17.1 Å². The molecule has 1 nitrogen and oxygen atoms in total. The third-order valence-corrected chi connectivity index (χ3v) is 11.9. The summed E-state index contributed by atoms with van der Waals surface area (Å²) in [6.07, 6.45) is 9.03. The summed E-state index contributed by atoms with van der Waals surface area (Å²) in [6.45, 7) is 6.91. The van der Waals surface area contributed by atoms with Crippen molar-refractivity contribution in [2.45, 2.75) is 26.2 Å². The Hall–Kier alpha value is -7.22. The molecule has 1 aliphatic carbocycles. The first kappa shape index (κ1) is 37.4. The maximum Gasteiger partial charge on any atom is 0.0468 e. The van der Waals surface area contributed by atoms with Crippen LogP contribution in [0.5, 0.6) is 0 Å². The SMILES string of the molecule is C\C1=C/C(c2ccc(-c3ccc(N(c4ccc(-c5ccccc5)cc4)c4ccc(-c5ccccc5)cc4)cc3-c3ccccc3)cc2)=C\C=C\c2ccccc2C1(C)C. The van der Waals surface area contributed by atoms with Gasteiger partial charge in [-0.15, -0.1) is 0 Å². The Morgan fingerprint density at radius 2 is 0.831 bits per heavy atom.